The number of pyridine rings is 1. The third kappa shape index (κ3) is 6.76. The molecule has 3 aromatic carbocycles. The first-order valence-corrected chi connectivity index (χ1v) is 16.1. The number of hydrogen-bond donors (Lipinski definition) is 3. The number of primary amides is 1. The minimum absolute atomic E-state index is 0.0252. The normalized spacial score (nSPS) is 14.0. The molecule has 1 fully saturated rings. The van der Waals surface area contributed by atoms with Crippen molar-refractivity contribution in [1.82, 2.24) is 20.1 Å². The van der Waals surface area contributed by atoms with Gasteiger partial charge in [-0.1, -0.05) is 35.3 Å². The van der Waals surface area contributed by atoms with Gasteiger partial charge in [0.15, 0.2) is 0 Å². The smallest absolute Gasteiger partial charge is 0.251 e. The van der Waals surface area contributed by atoms with Crippen LogP contribution >= 0.6 is 23.2 Å². The molecule has 0 aliphatic heterocycles. The minimum Gasteiger partial charge on any atom is -0.494 e. The Morgan fingerprint density at radius 1 is 1.10 bits per heavy atom. The molecule has 2 aromatic heterocycles. The highest BCUT2D eigenvalue weighted by Gasteiger charge is 2.37. The summed E-state index contributed by atoms with van der Waals surface area (Å²) in [5.41, 5.74) is 4.79. The molecule has 0 bridgehead atoms. The van der Waals surface area contributed by atoms with Gasteiger partial charge in [-0.15, -0.1) is 0 Å². The van der Waals surface area contributed by atoms with E-state index in [2.05, 4.69) is 10.4 Å². The van der Waals surface area contributed by atoms with Gasteiger partial charge < -0.3 is 25.6 Å². The lowest BCUT2D eigenvalue weighted by Crippen LogP contribution is -2.42. The number of fused-ring (bicyclic) bond motifs is 1. The lowest BCUT2D eigenvalue weighted by atomic mass is 9.87. The molecule has 1 atom stereocenters. The second kappa shape index (κ2) is 13.6. The van der Waals surface area contributed by atoms with Crippen molar-refractivity contribution < 1.29 is 33.0 Å². The monoisotopic (exact) mass is 709 g/mol. The summed E-state index contributed by atoms with van der Waals surface area (Å²) < 4.78 is 41.7. The number of aromatic nitrogens is 3. The van der Waals surface area contributed by atoms with Gasteiger partial charge in [0.05, 0.1) is 48.5 Å². The summed E-state index contributed by atoms with van der Waals surface area (Å²) in [5, 5.41) is 20.0. The highest BCUT2D eigenvalue weighted by atomic mass is 35.5. The fourth-order valence-corrected chi connectivity index (χ4v) is 6.03. The molecule has 1 aliphatic carbocycles. The van der Waals surface area contributed by atoms with Crippen molar-refractivity contribution in [3.8, 4) is 22.8 Å². The molecule has 4 N–H and O–H groups in total. The van der Waals surface area contributed by atoms with Crippen molar-refractivity contribution in [1.29, 1.82) is 0 Å². The first kappa shape index (κ1) is 34.1. The van der Waals surface area contributed by atoms with E-state index in [9.17, 15) is 23.5 Å². The number of carbonyl (C=O) groups is 2. The van der Waals surface area contributed by atoms with Crippen molar-refractivity contribution in [2.75, 3.05) is 20.3 Å². The van der Waals surface area contributed by atoms with Gasteiger partial charge in [0.2, 0.25) is 5.91 Å². The van der Waals surface area contributed by atoms with Crippen molar-refractivity contribution in [3.63, 3.8) is 0 Å². The molecule has 5 aromatic rings. The van der Waals surface area contributed by atoms with E-state index in [4.69, 9.17) is 43.4 Å². The number of carbonyl (C=O) groups excluding carboxylic acids is 2. The third-order valence-corrected chi connectivity index (χ3v) is 9.10. The molecule has 49 heavy (non-hydrogen) atoms. The Morgan fingerprint density at radius 3 is 2.49 bits per heavy atom. The van der Waals surface area contributed by atoms with Gasteiger partial charge in [0.25, 0.3) is 5.91 Å². The molecule has 1 aliphatic rings. The van der Waals surface area contributed by atoms with Gasteiger partial charge in [-0.05, 0) is 67.8 Å². The van der Waals surface area contributed by atoms with E-state index in [1.165, 1.54) is 31.4 Å². The highest BCUT2D eigenvalue weighted by molar-refractivity contribution is 6.43. The van der Waals surface area contributed by atoms with Crippen LogP contribution in [0.5, 0.6) is 11.5 Å². The van der Waals surface area contributed by atoms with E-state index in [0.717, 1.165) is 31.0 Å². The topological polar surface area (TPSA) is 142 Å². The lowest BCUT2D eigenvalue weighted by molar-refractivity contribution is -0.117. The molecule has 2 amide bonds. The Balaban J connectivity index is 1.47. The molecule has 10 nitrogen and oxygen atoms in total. The fourth-order valence-electron chi connectivity index (χ4n) is 5.62. The molecule has 6 rings (SSSR count). The van der Waals surface area contributed by atoms with E-state index in [-0.39, 0.29) is 62.5 Å². The van der Waals surface area contributed by atoms with Crippen molar-refractivity contribution in [2.45, 2.75) is 37.8 Å². The maximum Gasteiger partial charge on any atom is 0.251 e. The SMILES string of the molecule is CCOc1c(CC(N)=O)cc([C@@](O)(CNC(=O)c2cc(OC)c3nn(C4CC4)cc3c2)c2ccc(F)cc2)nc1-c1ccc(F)c(Cl)c1Cl. The van der Waals surface area contributed by atoms with Crippen molar-refractivity contribution in [3.05, 3.63) is 105 Å². The number of aliphatic hydroxyl groups is 1. The highest BCUT2D eigenvalue weighted by Crippen LogP contribution is 2.43. The summed E-state index contributed by atoms with van der Waals surface area (Å²) >= 11 is 12.6. The standard InChI is InChI=1S/C35H31Cl2F2N5O5/c1-3-49-33-18(15-28(40)45)14-27(42-32(33)24-10-11-25(39)30(37)29(24)36)35(47,21-4-6-22(38)7-5-21)17-41-34(46)19-12-20-16-44(23-8-9-23)43-31(20)26(13-19)48-2/h4-7,10-14,16,23,47H,3,8-9,15,17H2,1-2H3,(H2,40,45)(H,41,46)/t35-/m1/s1. The average Bonchev–Trinajstić information content (AvgIpc) is 3.84. The number of nitrogens with one attached hydrogen (secondary N) is 1. The van der Waals surface area contributed by atoms with Crippen LogP contribution in [0.15, 0.2) is 60.8 Å². The second-order valence-electron chi connectivity index (χ2n) is 11.6. The fraction of sp³-hybridized carbons (Fsp3) is 0.257. The van der Waals surface area contributed by atoms with Gasteiger partial charge >= 0.3 is 0 Å². The van der Waals surface area contributed by atoms with Crippen LogP contribution in [0.1, 0.15) is 53.0 Å². The average molecular weight is 711 g/mol. The first-order chi connectivity index (χ1) is 23.4. The van der Waals surface area contributed by atoms with E-state index in [1.807, 2.05) is 10.9 Å². The number of nitrogens with two attached hydrogens (primary N) is 1. The molecule has 0 unspecified atom stereocenters. The van der Waals surface area contributed by atoms with Crippen LogP contribution in [-0.2, 0) is 16.8 Å². The van der Waals surface area contributed by atoms with Crippen LogP contribution in [0.25, 0.3) is 22.2 Å². The number of rotatable bonds is 12. The molecular formula is C35H31Cl2F2N5O5. The maximum atomic E-state index is 14.3. The van der Waals surface area contributed by atoms with E-state index >= 15 is 0 Å². The van der Waals surface area contributed by atoms with Gasteiger partial charge in [-0.25, -0.2) is 13.8 Å². The predicted octanol–water partition coefficient (Wildman–Crippen LogP) is 6.12. The van der Waals surface area contributed by atoms with E-state index in [1.54, 1.807) is 19.1 Å². The summed E-state index contributed by atoms with van der Waals surface area (Å²) in [5.74, 6) is -2.11. The Kier molecular flexibility index (Phi) is 9.47. The van der Waals surface area contributed by atoms with Crippen LogP contribution in [0.2, 0.25) is 10.0 Å². The predicted molar refractivity (Wildman–Crippen MR) is 180 cm³/mol. The molecule has 0 spiro atoms. The summed E-state index contributed by atoms with van der Waals surface area (Å²) in [4.78, 5) is 30.6. The maximum absolute atomic E-state index is 14.3. The van der Waals surface area contributed by atoms with Crippen LogP contribution in [0, 0.1) is 11.6 Å². The van der Waals surface area contributed by atoms with Crippen molar-refractivity contribution in [2.24, 2.45) is 5.73 Å². The zero-order valence-electron chi connectivity index (χ0n) is 26.4. The van der Waals surface area contributed by atoms with Gasteiger partial charge in [0, 0.05) is 28.3 Å². The summed E-state index contributed by atoms with van der Waals surface area (Å²) in [7, 11) is 1.49. The Labute approximate surface area is 289 Å². The molecule has 2 heterocycles. The Hall–Kier alpha value is -4.78. The number of benzene rings is 3. The minimum atomic E-state index is -2.13. The molecular weight excluding hydrogens is 679 g/mol. The molecule has 0 radical (unpaired) electrons. The van der Waals surface area contributed by atoms with Gasteiger partial charge in [0.1, 0.15) is 39.9 Å². The number of ether oxygens (including phenoxy) is 2. The zero-order chi connectivity index (χ0) is 35.0. The Morgan fingerprint density at radius 2 is 1.84 bits per heavy atom. The van der Waals surface area contributed by atoms with Crippen LogP contribution in [-0.4, -0.2) is 51.9 Å². The molecule has 0 saturated heterocycles. The first-order valence-electron chi connectivity index (χ1n) is 15.4. The van der Waals surface area contributed by atoms with Gasteiger partial charge in [-0.3, -0.25) is 14.3 Å². The lowest BCUT2D eigenvalue weighted by Gasteiger charge is -2.30. The van der Waals surface area contributed by atoms with E-state index in [0.29, 0.717) is 22.7 Å². The summed E-state index contributed by atoms with van der Waals surface area (Å²) in [6.45, 7) is 1.38. The number of amides is 2. The zero-order valence-corrected chi connectivity index (χ0v) is 27.9. The quantitative estimate of drug-likeness (QED) is 0.133. The Bertz CT molecular complexity index is 2090. The number of nitrogens with zero attached hydrogens (tertiary/aromatic N) is 3. The van der Waals surface area contributed by atoms with Crippen LogP contribution in [0.3, 0.4) is 0 Å². The number of hydrogen-bond acceptors (Lipinski definition) is 7. The van der Waals surface area contributed by atoms with Crippen molar-refractivity contribution >= 4 is 45.9 Å². The number of methoxy groups -OCH3 is 1. The third-order valence-electron chi connectivity index (χ3n) is 8.24. The molecule has 254 valence electrons. The van der Waals surface area contributed by atoms with Gasteiger partial charge in [-0.2, -0.15) is 5.10 Å². The molecule has 1 saturated carbocycles. The summed E-state index contributed by atoms with van der Waals surface area (Å²) in [6.07, 6.45) is 3.56. The molecule has 14 heteroatoms. The summed E-state index contributed by atoms with van der Waals surface area (Å²) in [6, 6.07) is 12.4. The number of halogens is 4. The second-order valence-corrected chi connectivity index (χ2v) is 12.4. The van der Waals surface area contributed by atoms with E-state index < -0.39 is 35.6 Å². The van der Waals surface area contributed by atoms with Crippen LogP contribution in [0.4, 0.5) is 8.78 Å². The largest absolute Gasteiger partial charge is 0.494 e. The van der Waals surface area contributed by atoms with Crippen LogP contribution < -0.4 is 20.5 Å².